The number of aliphatic hydroxyl groups is 2. The number of nitrogens with two attached hydrogens (primary N) is 1. The summed E-state index contributed by atoms with van der Waals surface area (Å²) in [7, 11) is 0. The van der Waals surface area contributed by atoms with Gasteiger partial charge in [-0.25, -0.2) is 4.98 Å². The summed E-state index contributed by atoms with van der Waals surface area (Å²) in [6.07, 6.45) is 1.80. The highest BCUT2D eigenvalue weighted by atomic mass is 32.1. The standard InChI is InChI=1S/C27H42N2O6S/c1-15-8-7-9-27(6)21(35-27)11-19(16(2)10-18-14-36-22(13-28)29-18)34-23(31)12-20(30)26(4,5)25(33)17(3)24(15)32/h10,14-15,17,19-21,24,30,32H,7-9,11-13,28H2,1-6H3/b16-10+/t15?,17?,19?,20?,21-,24-,27+/m0/s1. The Labute approximate surface area is 218 Å². The van der Waals surface area contributed by atoms with Gasteiger partial charge in [0.05, 0.1) is 41.4 Å². The van der Waals surface area contributed by atoms with Gasteiger partial charge in [0, 0.05) is 24.3 Å². The Morgan fingerprint density at radius 2 is 1.97 bits per heavy atom. The second kappa shape index (κ2) is 11.4. The van der Waals surface area contributed by atoms with Crippen LogP contribution in [0.15, 0.2) is 11.0 Å². The van der Waals surface area contributed by atoms with Crippen LogP contribution >= 0.6 is 11.3 Å². The van der Waals surface area contributed by atoms with Crippen molar-refractivity contribution in [3.8, 4) is 0 Å². The zero-order valence-corrected chi connectivity index (χ0v) is 23.1. The molecule has 202 valence electrons. The third-order valence-electron chi connectivity index (χ3n) is 8.03. The molecule has 3 rings (SSSR count). The van der Waals surface area contributed by atoms with E-state index in [4.69, 9.17) is 15.2 Å². The van der Waals surface area contributed by atoms with E-state index in [2.05, 4.69) is 11.9 Å². The SMILES string of the molecule is C/C(=C\c1csc(CN)n1)C1C[C@@H]2O[C@]2(C)CCCC(C)[C@H](O)C(C)C(=O)C(C)(C)C(O)CC(=O)O1. The summed E-state index contributed by atoms with van der Waals surface area (Å²) in [5.41, 5.74) is 5.74. The number of ketones is 1. The van der Waals surface area contributed by atoms with Crippen molar-refractivity contribution in [1.82, 2.24) is 4.98 Å². The number of fused-ring (bicyclic) bond motifs is 1. The highest BCUT2D eigenvalue weighted by Gasteiger charge is 2.53. The first-order chi connectivity index (χ1) is 16.8. The number of carbonyl (C=O) groups is 2. The summed E-state index contributed by atoms with van der Waals surface area (Å²) in [5.74, 6) is -1.59. The van der Waals surface area contributed by atoms with Crippen molar-refractivity contribution in [2.45, 2.75) is 110 Å². The first kappa shape index (κ1) is 28.9. The lowest BCUT2D eigenvalue weighted by Gasteiger charge is -2.34. The molecule has 0 aliphatic carbocycles. The van der Waals surface area contributed by atoms with Crippen LogP contribution in [0.4, 0.5) is 0 Å². The zero-order chi connectivity index (χ0) is 26.8. The predicted molar refractivity (Wildman–Crippen MR) is 139 cm³/mol. The maximum Gasteiger partial charge on any atom is 0.309 e. The van der Waals surface area contributed by atoms with E-state index in [1.165, 1.54) is 11.3 Å². The van der Waals surface area contributed by atoms with E-state index in [1.807, 2.05) is 25.3 Å². The number of ether oxygens (including phenoxy) is 2. The zero-order valence-electron chi connectivity index (χ0n) is 22.3. The molecule has 3 heterocycles. The third-order valence-corrected chi connectivity index (χ3v) is 8.92. The molecule has 0 amide bonds. The lowest BCUT2D eigenvalue weighted by atomic mass is 9.73. The fourth-order valence-corrected chi connectivity index (χ4v) is 5.74. The normalized spacial score (nSPS) is 36.8. The first-order valence-corrected chi connectivity index (χ1v) is 13.8. The second-order valence-electron chi connectivity index (χ2n) is 11.3. The molecular formula is C27H42N2O6S. The van der Waals surface area contributed by atoms with Crippen LogP contribution in [0.25, 0.3) is 6.08 Å². The Morgan fingerprint density at radius 3 is 2.61 bits per heavy atom. The number of Topliss-reactive ketones (excluding diaryl/α,β-unsaturated/α-hetero) is 1. The maximum atomic E-state index is 13.2. The number of epoxide rings is 1. The number of aliphatic hydroxyl groups excluding tert-OH is 2. The van der Waals surface area contributed by atoms with Gasteiger partial charge >= 0.3 is 5.97 Å². The number of thiazole rings is 1. The van der Waals surface area contributed by atoms with Crippen LogP contribution in [0.5, 0.6) is 0 Å². The summed E-state index contributed by atoms with van der Waals surface area (Å²) in [6.45, 7) is 11.2. The van der Waals surface area contributed by atoms with Gasteiger partial charge in [0.15, 0.2) is 0 Å². The number of hydrogen-bond acceptors (Lipinski definition) is 9. The molecule has 4 unspecified atom stereocenters. The Morgan fingerprint density at radius 1 is 1.28 bits per heavy atom. The number of nitrogens with zero attached hydrogens (tertiary/aromatic N) is 1. The molecule has 0 aromatic carbocycles. The van der Waals surface area contributed by atoms with Crippen LogP contribution in [-0.2, 0) is 25.6 Å². The molecule has 9 heteroatoms. The van der Waals surface area contributed by atoms with E-state index in [0.29, 0.717) is 13.0 Å². The van der Waals surface area contributed by atoms with Crippen molar-refractivity contribution in [1.29, 1.82) is 0 Å². The van der Waals surface area contributed by atoms with Gasteiger partial charge in [-0.1, -0.05) is 34.1 Å². The smallest absolute Gasteiger partial charge is 0.309 e. The average Bonchev–Trinajstić information content (AvgIpc) is 3.23. The number of carbonyl (C=O) groups excluding carboxylic acids is 2. The number of cyclic esters (lactones) is 1. The topological polar surface area (TPSA) is 135 Å². The quantitative estimate of drug-likeness (QED) is 0.405. The van der Waals surface area contributed by atoms with Crippen LogP contribution in [-0.4, -0.2) is 57.0 Å². The molecule has 2 aliphatic heterocycles. The first-order valence-electron chi connectivity index (χ1n) is 12.9. The van der Waals surface area contributed by atoms with Gasteiger partial charge in [-0.2, -0.15) is 0 Å². The average molecular weight is 523 g/mol. The van der Waals surface area contributed by atoms with Crippen molar-refractivity contribution in [2.24, 2.45) is 23.0 Å². The molecule has 0 spiro atoms. The number of rotatable bonds is 3. The molecule has 8 nitrogen and oxygen atoms in total. The molecule has 4 N–H and O–H groups in total. The Bertz CT molecular complexity index is 975. The van der Waals surface area contributed by atoms with Crippen LogP contribution in [0.3, 0.4) is 0 Å². The molecule has 0 saturated carbocycles. The Hall–Kier alpha value is -1.65. The van der Waals surface area contributed by atoms with E-state index >= 15 is 0 Å². The van der Waals surface area contributed by atoms with Gasteiger partial charge in [-0.15, -0.1) is 11.3 Å². The summed E-state index contributed by atoms with van der Waals surface area (Å²) in [4.78, 5) is 30.7. The summed E-state index contributed by atoms with van der Waals surface area (Å²) in [6, 6.07) is 0. The highest BCUT2D eigenvalue weighted by molar-refractivity contribution is 7.09. The van der Waals surface area contributed by atoms with Gasteiger partial charge < -0.3 is 25.4 Å². The molecule has 36 heavy (non-hydrogen) atoms. The molecular weight excluding hydrogens is 480 g/mol. The van der Waals surface area contributed by atoms with Crippen molar-refractivity contribution in [3.05, 3.63) is 21.7 Å². The van der Waals surface area contributed by atoms with Crippen LogP contribution in [0, 0.1) is 17.3 Å². The molecule has 1 aromatic heterocycles. The predicted octanol–water partition coefficient (Wildman–Crippen LogP) is 3.63. The van der Waals surface area contributed by atoms with E-state index in [-0.39, 0.29) is 29.8 Å². The van der Waals surface area contributed by atoms with Crippen molar-refractivity contribution < 1.29 is 29.3 Å². The van der Waals surface area contributed by atoms with Crippen LogP contribution in [0.1, 0.15) is 84.3 Å². The molecule has 0 bridgehead atoms. The third kappa shape index (κ3) is 6.61. The molecule has 0 radical (unpaired) electrons. The number of hydrogen-bond donors (Lipinski definition) is 3. The molecule has 2 saturated heterocycles. The minimum Gasteiger partial charge on any atom is -0.458 e. The van der Waals surface area contributed by atoms with Gasteiger partial charge in [-0.05, 0) is 44.3 Å². The summed E-state index contributed by atoms with van der Waals surface area (Å²) < 4.78 is 11.9. The van der Waals surface area contributed by atoms with Crippen LogP contribution < -0.4 is 5.73 Å². The molecule has 7 atom stereocenters. The Balaban J connectivity index is 1.85. The fraction of sp³-hybridized carbons (Fsp3) is 0.741. The molecule has 1 aromatic rings. The number of aromatic nitrogens is 1. The van der Waals surface area contributed by atoms with Crippen molar-refractivity contribution in [3.63, 3.8) is 0 Å². The maximum absolute atomic E-state index is 13.2. The van der Waals surface area contributed by atoms with Gasteiger partial charge in [0.25, 0.3) is 0 Å². The lowest BCUT2D eigenvalue weighted by molar-refractivity contribution is -0.154. The van der Waals surface area contributed by atoms with Crippen molar-refractivity contribution >= 4 is 29.2 Å². The monoisotopic (exact) mass is 522 g/mol. The lowest BCUT2D eigenvalue weighted by Crippen LogP contribution is -2.45. The van der Waals surface area contributed by atoms with Gasteiger partial charge in [0.1, 0.15) is 16.9 Å². The summed E-state index contributed by atoms with van der Waals surface area (Å²) >= 11 is 1.48. The van der Waals surface area contributed by atoms with Gasteiger partial charge in [0.2, 0.25) is 0 Å². The minimum absolute atomic E-state index is 0.0660. The highest BCUT2D eigenvalue weighted by Crippen LogP contribution is 2.45. The van der Waals surface area contributed by atoms with E-state index < -0.39 is 35.6 Å². The minimum atomic E-state index is -1.24. The second-order valence-corrected chi connectivity index (χ2v) is 12.3. The van der Waals surface area contributed by atoms with Gasteiger partial charge in [-0.3, -0.25) is 9.59 Å². The fourth-order valence-electron chi connectivity index (χ4n) is 5.11. The Kier molecular flexibility index (Phi) is 9.15. The molecule has 2 aliphatic rings. The van der Waals surface area contributed by atoms with Crippen LogP contribution in [0.2, 0.25) is 0 Å². The van der Waals surface area contributed by atoms with E-state index in [9.17, 15) is 19.8 Å². The van der Waals surface area contributed by atoms with E-state index in [0.717, 1.165) is 35.5 Å². The van der Waals surface area contributed by atoms with Crippen molar-refractivity contribution in [2.75, 3.05) is 0 Å². The van der Waals surface area contributed by atoms with E-state index in [1.54, 1.807) is 20.8 Å². The largest absolute Gasteiger partial charge is 0.458 e. The molecule has 2 fully saturated rings. The summed E-state index contributed by atoms with van der Waals surface area (Å²) in [5, 5.41) is 24.5. The number of esters is 1.